The van der Waals surface area contributed by atoms with E-state index in [-0.39, 0.29) is 11.8 Å². The molecule has 1 atom stereocenters. The van der Waals surface area contributed by atoms with Crippen molar-refractivity contribution in [1.29, 1.82) is 0 Å². The molecule has 1 aliphatic carbocycles. The van der Waals surface area contributed by atoms with Crippen LogP contribution >= 0.6 is 0 Å². The van der Waals surface area contributed by atoms with E-state index in [0.29, 0.717) is 18.4 Å². The van der Waals surface area contributed by atoms with Gasteiger partial charge in [-0.05, 0) is 37.8 Å². The SMILES string of the molecule is C#CCCNC(=O)C1CC12CCNCC2. The molecular weight excluding hydrogens is 188 g/mol. The van der Waals surface area contributed by atoms with Crippen LogP contribution in [0.2, 0.25) is 0 Å². The first kappa shape index (κ1) is 10.5. The fourth-order valence-corrected chi connectivity index (χ4v) is 2.58. The second-order valence-electron chi connectivity index (χ2n) is 4.61. The molecule has 1 aliphatic heterocycles. The van der Waals surface area contributed by atoms with Gasteiger partial charge in [-0.15, -0.1) is 12.3 Å². The molecule has 0 aromatic rings. The van der Waals surface area contributed by atoms with Crippen LogP contribution in [0.1, 0.15) is 25.7 Å². The molecular formula is C12H18N2O. The van der Waals surface area contributed by atoms with Crippen molar-refractivity contribution >= 4 is 5.91 Å². The van der Waals surface area contributed by atoms with Crippen LogP contribution in [0.3, 0.4) is 0 Å². The first-order valence-corrected chi connectivity index (χ1v) is 5.70. The van der Waals surface area contributed by atoms with Gasteiger partial charge in [-0.25, -0.2) is 0 Å². The molecule has 0 aromatic carbocycles. The van der Waals surface area contributed by atoms with E-state index < -0.39 is 0 Å². The van der Waals surface area contributed by atoms with Gasteiger partial charge in [-0.1, -0.05) is 0 Å². The van der Waals surface area contributed by atoms with Crippen molar-refractivity contribution in [2.24, 2.45) is 11.3 Å². The van der Waals surface area contributed by atoms with Gasteiger partial charge < -0.3 is 10.6 Å². The number of hydrogen-bond donors (Lipinski definition) is 2. The van der Waals surface area contributed by atoms with E-state index >= 15 is 0 Å². The number of carbonyl (C=O) groups excluding carboxylic acids is 1. The maximum absolute atomic E-state index is 11.8. The zero-order valence-corrected chi connectivity index (χ0v) is 9.01. The first-order chi connectivity index (χ1) is 7.28. The fourth-order valence-electron chi connectivity index (χ4n) is 2.58. The van der Waals surface area contributed by atoms with Gasteiger partial charge >= 0.3 is 0 Å². The molecule has 1 spiro atoms. The maximum Gasteiger partial charge on any atom is 0.223 e. The molecule has 0 bridgehead atoms. The van der Waals surface area contributed by atoms with Crippen molar-refractivity contribution in [1.82, 2.24) is 10.6 Å². The number of rotatable bonds is 3. The Labute approximate surface area is 91.0 Å². The van der Waals surface area contributed by atoms with Crippen LogP contribution in [0, 0.1) is 23.7 Å². The summed E-state index contributed by atoms with van der Waals surface area (Å²) in [6.07, 6.45) is 9.15. The average molecular weight is 206 g/mol. The van der Waals surface area contributed by atoms with E-state index in [1.54, 1.807) is 0 Å². The molecule has 1 heterocycles. The van der Waals surface area contributed by atoms with Crippen molar-refractivity contribution in [3.05, 3.63) is 0 Å². The Morgan fingerprint density at radius 1 is 1.53 bits per heavy atom. The van der Waals surface area contributed by atoms with Crippen LogP contribution in [0.25, 0.3) is 0 Å². The number of nitrogens with one attached hydrogen (secondary N) is 2. The molecule has 2 rings (SSSR count). The van der Waals surface area contributed by atoms with Crippen LogP contribution in [0.15, 0.2) is 0 Å². The van der Waals surface area contributed by atoms with E-state index in [9.17, 15) is 4.79 Å². The van der Waals surface area contributed by atoms with Crippen molar-refractivity contribution in [3.8, 4) is 12.3 Å². The van der Waals surface area contributed by atoms with Gasteiger partial charge in [-0.2, -0.15) is 0 Å². The molecule has 2 N–H and O–H groups in total. The van der Waals surface area contributed by atoms with Gasteiger partial charge in [0.05, 0.1) is 0 Å². The lowest BCUT2D eigenvalue weighted by Gasteiger charge is -2.23. The zero-order chi connectivity index (χ0) is 10.7. The van der Waals surface area contributed by atoms with E-state index in [2.05, 4.69) is 16.6 Å². The molecule has 0 radical (unpaired) electrons. The Hall–Kier alpha value is -1.01. The third-order valence-electron chi connectivity index (χ3n) is 3.67. The third kappa shape index (κ3) is 2.15. The summed E-state index contributed by atoms with van der Waals surface area (Å²) in [6, 6.07) is 0. The normalized spacial score (nSPS) is 27.0. The summed E-state index contributed by atoms with van der Waals surface area (Å²) >= 11 is 0. The number of amides is 1. The highest BCUT2D eigenvalue weighted by Gasteiger charge is 2.57. The van der Waals surface area contributed by atoms with Crippen LogP contribution < -0.4 is 10.6 Å². The van der Waals surface area contributed by atoms with Crippen LogP contribution in [0.4, 0.5) is 0 Å². The van der Waals surface area contributed by atoms with Gasteiger partial charge in [0.2, 0.25) is 5.91 Å². The van der Waals surface area contributed by atoms with Gasteiger partial charge in [-0.3, -0.25) is 4.79 Å². The molecule has 1 saturated carbocycles. The first-order valence-electron chi connectivity index (χ1n) is 5.70. The molecule has 2 aliphatic rings. The monoisotopic (exact) mass is 206 g/mol. The smallest absolute Gasteiger partial charge is 0.223 e. The second-order valence-corrected chi connectivity index (χ2v) is 4.61. The minimum Gasteiger partial charge on any atom is -0.355 e. The molecule has 1 saturated heterocycles. The molecule has 82 valence electrons. The van der Waals surface area contributed by atoms with Crippen LogP contribution in [-0.4, -0.2) is 25.5 Å². The highest BCUT2D eigenvalue weighted by molar-refractivity contribution is 5.82. The summed E-state index contributed by atoms with van der Waals surface area (Å²) < 4.78 is 0. The predicted octanol–water partition coefficient (Wildman–Crippen LogP) is 0.516. The van der Waals surface area contributed by atoms with Crippen LogP contribution in [-0.2, 0) is 4.79 Å². The number of hydrogen-bond acceptors (Lipinski definition) is 2. The average Bonchev–Trinajstić information content (AvgIpc) is 2.94. The Balaban J connectivity index is 1.77. The van der Waals surface area contributed by atoms with Gasteiger partial charge in [0.25, 0.3) is 0 Å². The molecule has 1 unspecified atom stereocenters. The molecule has 3 heteroatoms. The quantitative estimate of drug-likeness (QED) is 0.522. The maximum atomic E-state index is 11.8. The Morgan fingerprint density at radius 2 is 2.27 bits per heavy atom. The highest BCUT2D eigenvalue weighted by Crippen LogP contribution is 2.58. The summed E-state index contributed by atoms with van der Waals surface area (Å²) in [5.74, 6) is 3.01. The van der Waals surface area contributed by atoms with Crippen molar-refractivity contribution in [3.63, 3.8) is 0 Å². The predicted molar refractivity (Wildman–Crippen MR) is 59.1 cm³/mol. The Morgan fingerprint density at radius 3 is 2.93 bits per heavy atom. The molecule has 3 nitrogen and oxygen atoms in total. The van der Waals surface area contributed by atoms with Crippen molar-refractivity contribution < 1.29 is 4.79 Å². The largest absolute Gasteiger partial charge is 0.355 e. The van der Waals surface area contributed by atoms with E-state index in [4.69, 9.17) is 6.42 Å². The number of carbonyl (C=O) groups is 1. The summed E-state index contributed by atoms with van der Waals surface area (Å²) in [5, 5.41) is 6.25. The molecule has 0 aromatic heterocycles. The van der Waals surface area contributed by atoms with Crippen molar-refractivity contribution in [2.45, 2.75) is 25.7 Å². The van der Waals surface area contributed by atoms with Gasteiger partial charge in [0, 0.05) is 18.9 Å². The highest BCUT2D eigenvalue weighted by atomic mass is 16.2. The standard InChI is InChI=1S/C12H18N2O/c1-2-3-6-14-11(15)10-9-12(10)4-7-13-8-5-12/h1,10,13H,3-9H2,(H,14,15). The van der Waals surface area contributed by atoms with E-state index in [1.165, 1.54) is 0 Å². The molecule has 2 fully saturated rings. The minimum absolute atomic E-state index is 0.215. The van der Waals surface area contributed by atoms with Gasteiger partial charge in [0.1, 0.15) is 0 Å². The number of piperidine rings is 1. The van der Waals surface area contributed by atoms with Crippen LogP contribution in [0.5, 0.6) is 0 Å². The summed E-state index contributed by atoms with van der Waals surface area (Å²) in [6.45, 7) is 2.75. The lowest BCUT2D eigenvalue weighted by molar-refractivity contribution is -0.123. The topological polar surface area (TPSA) is 41.1 Å². The van der Waals surface area contributed by atoms with Crippen molar-refractivity contribution in [2.75, 3.05) is 19.6 Å². The summed E-state index contributed by atoms with van der Waals surface area (Å²) in [5.41, 5.74) is 0.339. The summed E-state index contributed by atoms with van der Waals surface area (Å²) in [4.78, 5) is 11.8. The Bertz CT molecular complexity index is 286. The molecule has 15 heavy (non-hydrogen) atoms. The zero-order valence-electron chi connectivity index (χ0n) is 9.01. The summed E-state index contributed by atoms with van der Waals surface area (Å²) in [7, 11) is 0. The Kier molecular flexibility index (Phi) is 2.97. The van der Waals surface area contributed by atoms with E-state index in [0.717, 1.165) is 32.4 Å². The van der Waals surface area contributed by atoms with E-state index in [1.807, 2.05) is 0 Å². The second kappa shape index (κ2) is 4.24. The number of terminal acetylenes is 1. The lowest BCUT2D eigenvalue weighted by Crippen LogP contribution is -2.33. The lowest BCUT2D eigenvalue weighted by atomic mass is 9.92. The minimum atomic E-state index is 0.215. The third-order valence-corrected chi connectivity index (χ3v) is 3.67. The van der Waals surface area contributed by atoms with Gasteiger partial charge in [0.15, 0.2) is 0 Å². The molecule has 1 amide bonds. The fraction of sp³-hybridized carbons (Fsp3) is 0.750.